The van der Waals surface area contributed by atoms with Gasteiger partial charge in [0, 0.05) is 14.1 Å². The standard InChI is InChI=1S/C8H14N6O/c1-5(2)14-15-8-12-6(9-3)11-7(10-4)13-8/h1-4H3,(H2,9,10,11,12,13). The summed E-state index contributed by atoms with van der Waals surface area (Å²) in [4.78, 5) is 17.0. The van der Waals surface area contributed by atoms with E-state index in [0.29, 0.717) is 11.9 Å². The molecule has 0 amide bonds. The maximum Gasteiger partial charge on any atom is 0.352 e. The summed E-state index contributed by atoms with van der Waals surface area (Å²) in [6, 6.07) is 0.153. The highest BCUT2D eigenvalue weighted by Gasteiger charge is 2.04. The topological polar surface area (TPSA) is 84.3 Å². The smallest absolute Gasteiger partial charge is 0.352 e. The fraction of sp³-hybridized carbons (Fsp3) is 0.500. The first-order chi connectivity index (χ1) is 7.15. The molecule has 2 N–H and O–H groups in total. The molecule has 1 aromatic heterocycles. The van der Waals surface area contributed by atoms with Crippen LogP contribution in [0.1, 0.15) is 13.8 Å². The van der Waals surface area contributed by atoms with Crippen LogP contribution in [0.5, 0.6) is 6.01 Å². The Hall–Kier alpha value is -1.92. The van der Waals surface area contributed by atoms with Crippen molar-refractivity contribution in [3.05, 3.63) is 0 Å². The minimum Gasteiger partial charge on any atom is -0.357 e. The molecule has 0 saturated carbocycles. The van der Waals surface area contributed by atoms with E-state index in [0.717, 1.165) is 5.71 Å². The van der Waals surface area contributed by atoms with Gasteiger partial charge < -0.3 is 15.5 Å². The van der Waals surface area contributed by atoms with Crippen molar-refractivity contribution in [1.82, 2.24) is 15.0 Å². The Morgan fingerprint density at radius 1 is 1.07 bits per heavy atom. The lowest BCUT2D eigenvalue weighted by atomic mass is 10.5. The minimum absolute atomic E-state index is 0.153. The molecule has 0 aliphatic carbocycles. The lowest BCUT2D eigenvalue weighted by Crippen LogP contribution is -2.05. The molecule has 0 radical (unpaired) electrons. The zero-order valence-corrected chi connectivity index (χ0v) is 9.20. The summed E-state index contributed by atoms with van der Waals surface area (Å²) in [6.07, 6.45) is 0. The second-order valence-corrected chi connectivity index (χ2v) is 2.89. The summed E-state index contributed by atoms with van der Waals surface area (Å²) in [5.41, 5.74) is 0.785. The van der Waals surface area contributed by atoms with Crippen molar-refractivity contribution in [3.63, 3.8) is 0 Å². The third-order valence-corrected chi connectivity index (χ3v) is 1.37. The molecule has 1 aromatic rings. The maximum absolute atomic E-state index is 5.00. The lowest BCUT2D eigenvalue weighted by molar-refractivity contribution is 0.312. The molecule has 82 valence electrons. The summed E-state index contributed by atoms with van der Waals surface area (Å²) < 4.78 is 0. The van der Waals surface area contributed by atoms with Gasteiger partial charge in [-0.25, -0.2) is 0 Å². The van der Waals surface area contributed by atoms with Crippen LogP contribution in [0.4, 0.5) is 11.9 Å². The van der Waals surface area contributed by atoms with Gasteiger partial charge in [-0.15, -0.1) is 0 Å². The molecular formula is C8H14N6O. The van der Waals surface area contributed by atoms with Crippen molar-refractivity contribution < 1.29 is 4.84 Å². The van der Waals surface area contributed by atoms with Crippen LogP contribution in [-0.4, -0.2) is 34.8 Å². The molecule has 0 aromatic carbocycles. The molecule has 0 bridgehead atoms. The number of nitrogens with zero attached hydrogens (tertiary/aromatic N) is 4. The molecule has 7 nitrogen and oxygen atoms in total. The monoisotopic (exact) mass is 210 g/mol. The Bertz CT molecular complexity index is 338. The summed E-state index contributed by atoms with van der Waals surface area (Å²) in [5.74, 6) is 0.849. The minimum atomic E-state index is 0.153. The summed E-state index contributed by atoms with van der Waals surface area (Å²) in [5, 5.41) is 9.35. The van der Waals surface area contributed by atoms with Gasteiger partial charge in [0.25, 0.3) is 0 Å². The Morgan fingerprint density at radius 3 is 2.00 bits per heavy atom. The van der Waals surface area contributed by atoms with Crippen LogP contribution in [0.3, 0.4) is 0 Å². The van der Waals surface area contributed by atoms with Gasteiger partial charge in [-0.1, -0.05) is 5.16 Å². The highest BCUT2D eigenvalue weighted by atomic mass is 16.6. The van der Waals surface area contributed by atoms with E-state index in [4.69, 9.17) is 4.84 Å². The quantitative estimate of drug-likeness (QED) is 0.563. The molecule has 0 saturated heterocycles. The van der Waals surface area contributed by atoms with Crippen LogP contribution in [0.2, 0.25) is 0 Å². The third-order valence-electron chi connectivity index (χ3n) is 1.37. The van der Waals surface area contributed by atoms with Gasteiger partial charge in [-0.05, 0) is 13.8 Å². The zero-order chi connectivity index (χ0) is 11.3. The first kappa shape index (κ1) is 11.2. The molecule has 7 heteroatoms. The van der Waals surface area contributed by atoms with Gasteiger partial charge in [0.1, 0.15) is 0 Å². The van der Waals surface area contributed by atoms with Crippen molar-refractivity contribution in [2.45, 2.75) is 13.8 Å². The number of aromatic nitrogens is 3. The van der Waals surface area contributed by atoms with Crippen molar-refractivity contribution in [3.8, 4) is 6.01 Å². The average Bonchev–Trinajstić information content (AvgIpc) is 2.25. The molecule has 0 spiro atoms. The predicted octanol–water partition coefficient (Wildman–Crippen LogP) is 0.730. The van der Waals surface area contributed by atoms with Crippen molar-refractivity contribution in [2.24, 2.45) is 5.16 Å². The maximum atomic E-state index is 5.00. The first-order valence-corrected chi connectivity index (χ1v) is 4.45. The van der Waals surface area contributed by atoms with Crippen molar-refractivity contribution in [2.75, 3.05) is 24.7 Å². The summed E-state index contributed by atoms with van der Waals surface area (Å²) in [6.45, 7) is 3.64. The Kier molecular flexibility index (Phi) is 3.78. The van der Waals surface area contributed by atoms with E-state index in [1.165, 1.54) is 0 Å². The molecule has 0 aliphatic heterocycles. The first-order valence-electron chi connectivity index (χ1n) is 4.45. The van der Waals surface area contributed by atoms with Crippen LogP contribution in [0.15, 0.2) is 5.16 Å². The highest BCUT2D eigenvalue weighted by Crippen LogP contribution is 2.10. The second kappa shape index (κ2) is 5.08. The van der Waals surface area contributed by atoms with Gasteiger partial charge in [-0.2, -0.15) is 15.0 Å². The van der Waals surface area contributed by atoms with Crippen LogP contribution < -0.4 is 15.5 Å². The number of rotatable bonds is 4. The van der Waals surface area contributed by atoms with Gasteiger partial charge in [0.15, 0.2) is 0 Å². The molecular weight excluding hydrogens is 196 g/mol. The van der Waals surface area contributed by atoms with E-state index in [1.54, 1.807) is 14.1 Å². The Morgan fingerprint density at radius 2 is 1.60 bits per heavy atom. The number of oxime groups is 1. The highest BCUT2D eigenvalue weighted by molar-refractivity contribution is 5.78. The van der Waals surface area contributed by atoms with Crippen molar-refractivity contribution in [1.29, 1.82) is 0 Å². The van der Waals surface area contributed by atoms with Gasteiger partial charge in [-0.3, -0.25) is 0 Å². The molecule has 0 aliphatic rings. The average molecular weight is 210 g/mol. The van der Waals surface area contributed by atoms with E-state index in [2.05, 4.69) is 30.7 Å². The third kappa shape index (κ3) is 3.37. The van der Waals surface area contributed by atoms with Gasteiger partial charge >= 0.3 is 6.01 Å². The largest absolute Gasteiger partial charge is 0.357 e. The lowest BCUT2D eigenvalue weighted by Gasteiger charge is -2.03. The van der Waals surface area contributed by atoms with E-state index in [-0.39, 0.29) is 6.01 Å². The van der Waals surface area contributed by atoms with Gasteiger partial charge in [0.2, 0.25) is 11.9 Å². The van der Waals surface area contributed by atoms with Gasteiger partial charge in [0.05, 0.1) is 5.71 Å². The summed E-state index contributed by atoms with van der Waals surface area (Å²) in [7, 11) is 3.43. The second-order valence-electron chi connectivity index (χ2n) is 2.89. The normalized spacial score (nSPS) is 9.33. The number of hydrogen-bond donors (Lipinski definition) is 2. The number of anilines is 2. The fourth-order valence-corrected chi connectivity index (χ4v) is 0.753. The van der Waals surface area contributed by atoms with Crippen molar-refractivity contribution >= 4 is 17.6 Å². The fourth-order valence-electron chi connectivity index (χ4n) is 0.753. The molecule has 15 heavy (non-hydrogen) atoms. The van der Waals surface area contributed by atoms with Crippen LogP contribution in [0.25, 0.3) is 0 Å². The zero-order valence-electron chi connectivity index (χ0n) is 9.20. The van der Waals surface area contributed by atoms with Crippen LogP contribution >= 0.6 is 0 Å². The van der Waals surface area contributed by atoms with E-state index in [1.807, 2.05) is 13.8 Å². The number of nitrogens with one attached hydrogen (secondary N) is 2. The van der Waals surface area contributed by atoms with E-state index >= 15 is 0 Å². The molecule has 1 rings (SSSR count). The molecule has 0 unspecified atom stereocenters. The van der Waals surface area contributed by atoms with E-state index in [9.17, 15) is 0 Å². The van der Waals surface area contributed by atoms with E-state index < -0.39 is 0 Å². The summed E-state index contributed by atoms with van der Waals surface area (Å²) >= 11 is 0. The Labute approximate surface area is 88.0 Å². The van der Waals surface area contributed by atoms with Crippen LogP contribution in [0, 0.1) is 0 Å². The van der Waals surface area contributed by atoms with Crippen LogP contribution in [-0.2, 0) is 0 Å². The molecule has 0 fully saturated rings. The number of hydrogen-bond acceptors (Lipinski definition) is 7. The predicted molar refractivity (Wildman–Crippen MR) is 58.3 cm³/mol. The SMILES string of the molecule is CNc1nc(NC)nc(ON=C(C)C)n1. The molecule has 0 atom stereocenters. The molecule has 1 heterocycles. The Balaban J connectivity index is 2.91.